The van der Waals surface area contributed by atoms with Crippen LogP contribution in [0.4, 0.5) is 0 Å². The zero-order chi connectivity index (χ0) is 18.7. The smallest absolute Gasteiger partial charge is 0.266 e. The van der Waals surface area contributed by atoms with Gasteiger partial charge in [0.1, 0.15) is 4.32 Å². The van der Waals surface area contributed by atoms with Gasteiger partial charge in [-0.15, -0.1) is 0 Å². The lowest BCUT2D eigenvalue weighted by Crippen LogP contribution is -2.51. The molecular weight excluding hydrogens is 366 g/mol. The predicted molar refractivity (Wildman–Crippen MR) is 105 cm³/mol. The van der Waals surface area contributed by atoms with Crippen LogP contribution < -0.4 is 5.11 Å². The number of carboxylic acids is 1. The summed E-state index contributed by atoms with van der Waals surface area (Å²) in [6.45, 7) is 1.95. The summed E-state index contributed by atoms with van der Waals surface area (Å²) in [5, 5.41) is 11.7. The van der Waals surface area contributed by atoms with Gasteiger partial charge in [0.05, 0.1) is 16.9 Å². The van der Waals surface area contributed by atoms with Gasteiger partial charge < -0.3 is 9.90 Å². The summed E-state index contributed by atoms with van der Waals surface area (Å²) in [6, 6.07) is 15.7. The van der Waals surface area contributed by atoms with Crippen molar-refractivity contribution in [2.24, 2.45) is 0 Å². The quantitative estimate of drug-likeness (QED) is 0.588. The monoisotopic (exact) mass is 382 g/mol. The van der Waals surface area contributed by atoms with E-state index in [-0.39, 0.29) is 10.7 Å². The van der Waals surface area contributed by atoms with Crippen molar-refractivity contribution >= 4 is 46.3 Å². The van der Waals surface area contributed by atoms with E-state index in [2.05, 4.69) is 0 Å². The predicted octanol–water partition coefficient (Wildman–Crippen LogP) is 2.56. The van der Waals surface area contributed by atoms with Crippen molar-refractivity contribution in [2.75, 3.05) is 0 Å². The van der Waals surface area contributed by atoms with E-state index in [4.69, 9.17) is 12.2 Å². The number of aryl methyl sites for hydroxylation is 1. The van der Waals surface area contributed by atoms with E-state index in [0.717, 1.165) is 33.4 Å². The summed E-state index contributed by atoms with van der Waals surface area (Å²) in [6.07, 6.45) is 1.90. The molecule has 0 saturated carbocycles. The second kappa shape index (κ2) is 7.85. The topological polar surface area (TPSA) is 60.4 Å². The Balaban J connectivity index is 1.89. The fourth-order valence-corrected chi connectivity index (χ4v) is 4.10. The first-order chi connectivity index (χ1) is 12.5. The van der Waals surface area contributed by atoms with Crippen LogP contribution in [0.5, 0.6) is 0 Å². The third kappa shape index (κ3) is 3.86. The number of benzene rings is 2. The Hall–Kier alpha value is -2.44. The number of hydrogen-bond acceptors (Lipinski definition) is 5. The first kappa shape index (κ1) is 18.4. The summed E-state index contributed by atoms with van der Waals surface area (Å²) < 4.78 is 0.236. The number of hydrogen-bond donors (Lipinski definition) is 0. The Bertz CT molecular complexity index is 893. The van der Waals surface area contributed by atoms with Crippen molar-refractivity contribution in [1.29, 1.82) is 0 Å². The maximum absolute atomic E-state index is 12.8. The average molecular weight is 382 g/mol. The normalized spacial score (nSPS) is 17.0. The number of carbonyl (C=O) groups excluding carboxylic acids is 2. The molecule has 1 aliphatic heterocycles. The molecule has 1 aliphatic rings. The zero-order valence-corrected chi connectivity index (χ0v) is 15.7. The van der Waals surface area contributed by atoms with Gasteiger partial charge in [0, 0.05) is 0 Å². The highest BCUT2D eigenvalue weighted by molar-refractivity contribution is 8.26. The third-order valence-electron chi connectivity index (χ3n) is 4.15. The second-order valence-corrected chi connectivity index (χ2v) is 7.61. The molecule has 0 bridgehead atoms. The molecule has 1 heterocycles. The Kier molecular flexibility index (Phi) is 5.54. The van der Waals surface area contributed by atoms with E-state index in [1.54, 1.807) is 6.08 Å². The number of amides is 1. The van der Waals surface area contributed by atoms with E-state index >= 15 is 0 Å². The summed E-state index contributed by atoms with van der Waals surface area (Å²) in [5.41, 5.74) is 2.73. The Morgan fingerprint density at radius 2 is 1.85 bits per heavy atom. The fourth-order valence-electron chi connectivity index (χ4n) is 2.76. The molecular formula is C20H16NO3S2-. The lowest BCUT2D eigenvalue weighted by molar-refractivity contribution is -0.310. The molecule has 26 heavy (non-hydrogen) atoms. The van der Waals surface area contributed by atoms with Gasteiger partial charge in [0.15, 0.2) is 0 Å². The van der Waals surface area contributed by atoms with E-state index in [1.807, 2.05) is 61.5 Å². The number of thiocarbonyl (C=S) groups is 1. The van der Waals surface area contributed by atoms with Crippen LogP contribution in [0.15, 0.2) is 59.5 Å². The van der Waals surface area contributed by atoms with Crippen LogP contribution in [-0.2, 0) is 16.0 Å². The van der Waals surface area contributed by atoms with Crippen LogP contribution in [0.3, 0.4) is 0 Å². The Morgan fingerprint density at radius 3 is 2.50 bits per heavy atom. The molecule has 3 rings (SSSR count). The molecule has 0 radical (unpaired) electrons. The van der Waals surface area contributed by atoms with Crippen molar-refractivity contribution < 1.29 is 14.7 Å². The lowest BCUT2D eigenvalue weighted by atomic mass is 10.0. The molecule has 1 amide bonds. The minimum Gasteiger partial charge on any atom is -0.548 e. The van der Waals surface area contributed by atoms with Gasteiger partial charge in [-0.05, 0) is 36.1 Å². The number of thioether (sulfide) groups is 1. The summed E-state index contributed by atoms with van der Waals surface area (Å²) >= 11 is 6.41. The van der Waals surface area contributed by atoms with E-state index in [0.29, 0.717) is 4.91 Å². The Labute approximate surface area is 161 Å². The van der Waals surface area contributed by atoms with Gasteiger partial charge in [-0.3, -0.25) is 9.69 Å². The van der Waals surface area contributed by atoms with Gasteiger partial charge >= 0.3 is 0 Å². The molecule has 0 aliphatic carbocycles. The molecule has 0 unspecified atom stereocenters. The highest BCUT2D eigenvalue weighted by Crippen LogP contribution is 2.35. The van der Waals surface area contributed by atoms with Crippen molar-refractivity contribution in [3.63, 3.8) is 0 Å². The van der Waals surface area contributed by atoms with Crippen LogP contribution >= 0.6 is 24.0 Å². The van der Waals surface area contributed by atoms with Gasteiger partial charge in [-0.25, -0.2) is 0 Å². The van der Waals surface area contributed by atoms with Crippen molar-refractivity contribution in [3.05, 3.63) is 76.2 Å². The Morgan fingerprint density at radius 1 is 1.19 bits per heavy atom. The molecule has 2 aromatic carbocycles. The van der Waals surface area contributed by atoms with Crippen LogP contribution in [0, 0.1) is 6.92 Å². The highest BCUT2D eigenvalue weighted by Gasteiger charge is 2.37. The fraction of sp³-hybridized carbons (Fsp3) is 0.150. The van der Waals surface area contributed by atoms with Crippen LogP contribution in [-0.4, -0.2) is 27.1 Å². The summed E-state index contributed by atoms with van der Waals surface area (Å²) in [5.74, 6) is -1.71. The second-order valence-electron chi connectivity index (χ2n) is 5.93. The first-order valence-electron chi connectivity index (χ1n) is 8.05. The largest absolute Gasteiger partial charge is 0.548 e. The average Bonchev–Trinajstić information content (AvgIpc) is 2.89. The molecule has 1 saturated heterocycles. The maximum Gasteiger partial charge on any atom is 0.266 e. The van der Waals surface area contributed by atoms with Crippen molar-refractivity contribution in [2.45, 2.75) is 19.4 Å². The number of carbonyl (C=O) groups is 2. The molecule has 2 aromatic rings. The number of rotatable bonds is 5. The van der Waals surface area contributed by atoms with Crippen molar-refractivity contribution in [3.8, 4) is 0 Å². The van der Waals surface area contributed by atoms with Crippen LogP contribution in [0.2, 0.25) is 0 Å². The summed E-state index contributed by atoms with van der Waals surface area (Å²) in [7, 11) is 0. The van der Waals surface area contributed by atoms with E-state index in [9.17, 15) is 14.7 Å². The SMILES string of the molecule is Cc1ccccc1/C=C1\SC(=S)N([C@@H](Cc2ccccc2)C(=O)[O-])C1=O. The van der Waals surface area contributed by atoms with Crippen molar-refractivity contribution in [1.82, 2.24) is 4.90 Å². The maximum atomic E-state index is 12.8. The van der Waals surface area contributed by atoms with Gasteiger partial charge in [0.25, 0.3) is 5.91 Å². The molecule has 6 heteroatoms. The third-order valence-corrected chi connectivity index (χ3v) is 5.48. The van der Waals surface area contributed by atoms with Crippen LogP contribution in [0.1, 0.15) is 16.7 Å². The molecule has 1 fully saturated rings. The first-order valence-corrected chi connectivity index (χ1v) is 9.27. The molecule has 1 atom stereocenters. The number of carboxylic acid groups (broad SMARTS) is 1. The number of nitrogens with zero attached hydrogens (tertiary/aromatic N) is 1. The number of aliphatic carboxylic acids is 1. The minimum atomic E-state index is -1.32. The van der Waals surface area contributed by atoms with Crippen LogP contribution in [0.25, 0.3) is 6.08 Å². The molecule has 0 aromatic heterocycles. The lowest BCUT2D eigenvalue weighted by Gasteiger charge is -2.27. The molecule has 132 valence electrons. The standard InChI is InChI=1S/C20H17NO3S2/c1-13-7-5-6-10-15(13)12-17-18(22)21(20(25)26-17)16(19(23)24)11-14-8-3-2-4-9-14/h2-10,12,16H,11H2,1H3,(H,23,24)/p-1/b17-12-/t16-/m0/s1. The summed E-state index contributed by atoms with van der Waals surface area (Å²) in [4.78, 5) is 26.1. The van der Waals surface area contributed by atoms with Gasteiger partial charge in [-0.2, -0.15) is 0 Å². The van der Waals surface area contributed by atoms with E-state index < -0.39 is 17.9 Å². The van der Waals surface area contributed by atoms with E-state index in [1.165, 1.54) is 0 Å². The van der Waals surface area contributed by atoms with Gasteiger partial charge in [-0.1, -0.05) is 78.6 Å². The highest BCUT2D eigenvalue weighted by atomic mass is 32.2. The molecule has 4 nitrogen and oxygen atoms in total. The zero-order valence-electron chi connectivity index (χ0n) is 14.0. The molecule has 0 spiro atoms. The molecule has 0 N–H and O–H groups in total. The van der Waals surface area contributed by atoms with Gasteiger partial charge in [0.2, 0.25) is 0 Å². The minimum absolute atomic E-state index is 0.146.